The molecule has 0 spiro atoms. The molecular formula is C16H12Cl2N2O3S. The minimum atomic E-state index is -3.92. The summed E-state index contributed by atoms with van der Waals surface area (Å²) in [4.78, 5) is 11.2. The van der Waals surface area contributed by atoms with Crippen molar-refractivity contribution in [2.45, 2.75) is 17.7 Å². The van der Waals surface area contributed by atoms with Gasteiger partial charge in [-0.05, 0) is 36.8 Å². The van der Waals surface area contributed by atoms with E-state index in [0.29, 0.717) is 5.56 Å². The van der Waals surface area contributed by atoms with Crippen molar-refractivity contribution in [3.8, 4) is 6.07 Å². The Morgan fingerprint density at radius 2 is 1.79 bits per heavy atom. The Morgan fingerprint density at radius 3 is 2.33 bits per heavy atom. The molecule has 0 aliphatic rings. The first-order valence-corrected chi connectivity index (χ1v) is 8.97. The van der Waals surface area contributed by atoms with E-state index in [2.05, 4.69) is 4.72 Å². The van der Waals surface area contributed by atoms with E-state index in [4.69, 9.17) is 28.5 Å². The van der Waals surface area contributed by atoms with E-state index >= 15 is 0 Å². The monoisotopic (exact) mass is 382 g/mol. The first-order chi connectivity index (χ1) is 11.3. The van der Waals surface area contributed by atoms with E-state index in [1.165, 1.54) is 49.4 Å². The summed E-state index contributed by atoms with van der Waals surface area (Å²) in [7, 11) is -3.92. The number of rotatable bonds is 5. The molecule has 0 aliphatic heterocycles. The molecule has 5 nitrogen and oxygen atoms in total. The van der Waals surface area contributed by atoms with Gasteiger partial charge in [0.2, 0.25) is 0 Å². The van der Waals surface area contributed by atoms with Crippen LogP contribution < -0.4 is 4.72 Å². The second kappa shape index (κ2) is 7.22. The highest BCUT2D eigenvalue weighted by atomic mass is 35.5. The number of ketones is 1. The molecule has 0 bridgehead atoms. The van der Waals surface area contributed by atoms with Crippen LogP contribution in [0.25, 0.3) is 0 Å². The molecule has 2 aromatic rings. The van der Waals surface area contributed by atoms with E-state index < -0.39 is 15.9 Å². The van der Waals surface area contributed by atoms with Crippen molar-refractivity contribution in [2.24, 2.45) is 0 Å². The molecule has 1 N–H and O–H groups in total. The lowest BCUT2D eigenvalue weighted by molar-refractivity contribution is -0.117. The highest BCUT2D eigenvalue weighted by Gasteiger charge is 2.20. The normalized spacial score (nSPS) is 12.2. The number of nitrogens with zero attached hydrogens (tertiary/aromatic N) is 1. The Kier molecular flexibility index (Phi) is 5.50. The van der Waals surface area contributed by atoms with E-state index in [-0.39, 0.29) is 26.4 Å². The van der Waals surface area contributed by atoms with Gasteiger partial charge < -0.3 is 0 Å². The zero-order valence-electron chi connectivity index (χ0n) is 12.5. The number of sulfonamides is 1. The molecule has 2 rings (SSSR count). The summed E-state index contributed by atoms with van der Waals surface area (Å²) in [6.45, 7) is 1.33. The molecule has 1 atom stereocenters. The Labute approximate surface area is 149 Å². The summed E-state index contributed by atoms with van der Waals surface area (Å²) in [5.41, 5.74) is 0.767. The maximum Gasteiger partial charge on any atom is 0.263 e. The number of carbonyl (C=O) groups is 1. The first-order valence-electron chi connectivity index (χ1n) is 6.73. The largest absolute Gasteiger partial charge is 0.298 e. The predicted octanol–water partition coefficient (Wildman–Crippen LogP) is 3.99. The van der Waals surface area contributed by atoms with E-state index in [1.807, 2.05) is 6.07 Å². The smallest absolute Gasteiger partial charge is 0.263 e. The van der Waals surface area contributed by atoms with Gasteiger partial charge in [-0.1, -0.05) is 41.4 Å². The van der Waals surface area contributed by atoms with Gasteiger partial charge in [0.05, 0.1) is 16.1 Å². The van der Waals surface area contributed by atoms with Crippen molar-refractivity contribution in [1.29, 1.82) is 5.26 Å². The van der Waals surface area contributed by atoms with Gasteiger partial charge in [-0.25, -0.2) is 8.42 Å². The lowest BCUT2D eigenvalue weighted by Crippen LogP contribution is -2.14. The molecule has 0 saturated heterocycles. The van der Waals surface area contributed by atoms with Gasteiger partial charge in [0.1, 0.15) is 10.8 Å². The van der Waals surface area contributed by atoms with Gasteiger partial charge in [-0.3, -0.25) is 9.52 Å². The van der Waals surface area contributed by atoms with Crippen LogP contribution in [0, 0.1) is 11.3 Å². The van der Waals surface area contributed by atoms with Gasteiger partial charge in [0.25, 0.3) is 10.0 Å². The summed E-state index contributed by atoms with van der Waals surface area (Å²) in [6.07, 6.45) is 0. The van der Waals surface area contributed by atoms with E-state index in [0.717, 1.165) is 0 Å². The van der Waals surface area contributed by atoms with Crippen LogP contribution in [0.5, 0.6) is 0 Å². The summed E-state index contributed by atoms with van der Waals surface area (Å²) < 4.78 is 27.2. The quantitative estimate of drug-likeness (QED) is 0.846. The zero-order chi connectivity index (χ0) is 17.9. The second-order valence-corrected chi connectivity index (χ2v) is 7.39. The molecule has 0 amide bonds. The molecule has 124 valence electrons. The number of carbonyl (C=O) groups excluding carboxylic acids is 1. The van der Waals surface area contributed by atoms with Gasteiger partial charge >= 0.3 is 0 Å². The third kappa shape index (κ3) is 3.88. The highest BCUT2D eigenvalue weighted by molar-refractivity contribution is 7.92. The van der Waals surface area contributed by atoms with Crippen LogP contribution in [0.4, 0.5) is 5.69 Å². The Hall–Kier alpha value is -2.07. The summed E-state index contributed by atoms with van der Waals surface area (Å²) >= 11 is 11.8. The van der Waals surface area contributed by atoms with Gasteiger partial charge in [-0.2, -0.15) is 5.26 Å². The van der Waals surface area contributed by atoms with Gasteiger partial charge in [0.15, 0.2) is 5.78 Å². The van der Waals surface area contributed by atoms with Crippen LogP contribution in [0.2, 0.25) is 10.0 Å². The summed E-state index contributed by atoms with van der Waals surface area (Å²) in [5.74, 6) is -1.16. The molecule has 0 aliphatic carbocycles. The van der Waals surface area contributed by atoms with Crippen LogP contribution in [-0.2, 0) is 14.8 Å². The first kappa shape index (κ1) is 18.3. The molecule has 1 unspecified atom stereocenters. The third-order valence-corrected chi connectivity index (χ3v) is 5.59. The van der Waals surface area contributed by atoms with Crippen LogP contribution >= 0.6 is 23.2 Å². The van der Waals surface area contributed by atoms with Crippen molar-refractivity contribution in [1.82, 2.24) is 0 Å². The van der Waals surface area contributed by atoms with Crippen molar-refractivity contribution in [2.75, 3.05) is 4.72 Å². The topological polar surface area (TPSA) is 87.0 Å². The standard InChI is InChI=1S/C16H12Cl2N2O3S/c1-10(21)13(9-19)11-5-7-12(8-6-11)20-24(22,23)15-4-2-3-14(17)16(15)18/h2-8,13,20H,1H3. The number of nitriles is 1. The fourth-order valence-electron chi connectivity index (χ4n) is 2.05. The van der Waals surface area contributed by atoms with Crippen molar-refractivity contribution in [3.05, 3.63) is 58.1 Å². The maximum absolute atomic E-state index is 12.4. The van der Waals surface area contributed by atoms with Crippen molar-refractivity contribution >= 4 is 44.7 Å². The lowest BCUT2D eigenvalue weighted by atomic mass is 9.97. The van der Waals surface area contributed by atoms with Gasteiger partial charge in [-0.15, -0.1) is 0 Å². The fourth-order valence-corrected chi connectivity index (χ4v) is 3.87. The van der Waals surface area contributed by atoms with Crippen LogP contribution in [0.3, 0.4) is 0 Å². The molecule has 0 fully saturated rings. The lowest BCUT2D eigenvalue weighted by Gasteiger charge is -2.11. The zero-order valence-corrected chi connectivity index (χ0v) is 14.8. The number of hydrogen-bond donors (Lipinski definition) is 1. The van der Waals surface area contributed by atoms with Crippen molar-refractivity contribution < 1.29 is 13.2 Å². The van der Waals surface area contributed by atoms with Crippen LogP contribution in [-0.4, -0.2) is 14.2 Å². The average Bonchev–Trinajstić information content (AvgIpc) is 2.51. The highest BCUT2D eigenvalue weighted by Crippen LogP contribution is 2.30. The van der Waals surface area contributed by atoms with Crippen LogP contribution in [0.15, 0.2) is 47.4 Å². The summed E-state index contributed by atoms with van der Waals surface area (Å²) in [6, 6.07) is 12.2. The Bertz CT molecular complexity index is 919. The number of halogens is 2. The summed E-state index contributed by atoms with van der Waals surface area (Å²) in [5, 5.41) is 9.07. The van der Waals surface area contributed by atoms with Crippen molar-refractivity contribution in [3.63, 3.8) is 0 Å². The molecule has 0 radical (unpaired) electrons. The number of hydrogen-bond acceptors (Lipinski definition) is 4. The van der Waals surface area contributed by atoms with Gasteiger partial charge in [0, 0.05) is 5.69 Å². The minimum absolute atomic E-state index is 0.0654. The number of Topliss-reactive ketones (excluding diaryl/α,β-unsaturated/α-hetero) is 1. The minimum Gasteiger partial charge on any atom is -0.298 e. The number of nitrogens with one attached hydrogen (secondary N) is 1. The van der Waals surface area contributed by atoms with Crippen LogP contribution in [0.1, 0.15) is 18.4 Å². The molecule has 2 aromatic carbocycles. The second-order valence-electron chi connectivity index (χ2n) is 4.95. The molecule has 0 heterocycles. The number of benzene rings is 2. The predicted molar refractivity (Wildman–Crippen MR) is 92.7 cm³/mol. The SMILES string of the molecule is CC(=O)C(C#N)c1ccc(NS(=O)(=O)c2cccc(Cl)c2Cl)cc1. The molecule has 8 heteroatoms. The van der Waals surface area contributed by atoms with E-state index in [9.17, 15) is 13.2 Å². The third-order valence-electron chi connectivity index (χ3n) is 3.24. The maximum atomic E-state index is 12.4. The molecular weight excluding hydrogens is 371 g/mol. The average molecular weight is 383 g/mol. The fraction of sp³-hybridized carbons (Fsp3) is 0.125. The Balaban J connectivity index is 2.30. The van der Waals surface area contributed by atoms with E-state index in [1.54, 1.807) is 0 Å². The molecule has 0 aromatic heterocycles. The molecule has 0 saturated carbocycles. The molecule has 24 heavy (non-hydrogen) atoms. The Morgan fingerprint density at radius 1 is 1.17 bits per heavy atom. The number of anilines is 1.